The van der Waals surface area contributed by atoms with Crippen LogP contribution in [0.5, 0.6) is 0 Å². The molecule has 1 amide bonds. The molecule has 1 saturated heterocycles. The zero-order valence-electron chi connectivity index (χ0n) is 14.2. The van der Waals surface area contributed by atoms with Crippen LogP contribution in [0.1, 0.15) is 36.3 Å². The van der Waals surface area contributed by atoms with Crippen LogP contribution in [0.25, 0.3) is 0 Å². The van der Waals surface area contributed by atoms with Gasteiger partial charge < -0.3 is 15.4 Å². The number of nitrogens with zero attached hydrogens (tertiary/aromatic N) is 2. The molecule has 136 valence electrons. The minimum absolute atomic E-state index is 0.00550. The summed E-state index contributed by atoms with van der Waals surface area (Å²) in [6.07, 6.45) is -3.77. The number of aryl methyl sites for hydroxylation is 1. The van der Waals surface area contributed by atoms with Crippen LogP contribution in [0.15, 0.2) is 0 Å². The molecule has 24 heavy (non-hydrogen) atoms. The third-order valence-corrected chi connectivity index (χ3v) is 4.30. The van der Waals surface area contributed by atoms with Crippen molar-refractivity contribution < 1.29 is 22.7 Å². The molecule has 0 saturated carbocycles. The monoisotopic (exact) mass is 348 g/mol. The van der Waals surface area contributed by atoms with Gasteiger partial charge in [-0.15, -0.1) is 0 Å². The third-order valence-electron chi connectivity index (χ3n) is 4.30. The van der Waals surface area contributed by atoms with Crippen molar-refractivity contribution in [1.29, 1.82) is 0 Å². The molecule has 3 atom stereocenters. The van der Waals surface area contributed by atoms with E-state index in [2.05, 4.69) is 15.7 Å². The maximum absolute atomic E-state index is 12.6. The molecule has 0 spiro atoms. The van der Waals surface area contributed by atoms with Crippen LogP contribution in [0.3, 0.4) is 0 Å². The van der Waals surface area contributed by atoms with E-state index in [0.717, 1.165) is 4.68 Å². The fourth-order valence-corrected chi connectivity index (χ4v) is 3.13. The van der Waals surface area contributed by atoms with Gasteiger partial charge in [-0.1, -0.05) is 0 Å². The molecule has 1 aromatic rings. The van der Waals surface area contributed by atoms with Crippen molar-refractivity contribution in [2.45, 2.75) is 58.1 Å². The Morgan fingerprint density at radius 3 is 2.71 bits per heavy atom. The number of alkyl halides is 3. The van der Waals surface area contributed by atoms with Crippen molar-refractivity contribution in [3.63, 3.8) is 0 Å². The molecule has 0 aliphatic carbocycles. The van der Waals surface area contributed by atoms with Crippen molar-refractivity contribution in [2.75, 3.05) is 13.7 Å². The third kappa shape index (κ3) is 4.27. The normalized spacial score (nSPS) is 22.6. The number of hydrogen-bond donors (Lipinski definition) is 2. The standard InChI is InChI=1S/C15H23F3N4O2/c1-8(20-14(23)12-5-11(24-4)6-19-12)13-9(2)21-22(10(13)3)7-15(16,17)18/h8,11-12,19H,5-7H2,1-4H3,(H,20,23)/t8-,11-,12+/m0/s1. The molecule has 2 N–H and O–H groups in total. The van der Waals surface area contributed by atoms with Crippen molar-refractivity contribution in [1.82, 2.24) is 20.4 Å². The highest BCUT2D eigenvalue weighted by Gasteiger charge is 2.33. The van der Waals surface area contributed by atoms with Gasteiger partial charge >= 0.3 is 6.18 Å². The Balaban J connectivity index is 2.07. The minimum Gasteiger partial charge on any atom is -0.380 e. The Morgan fingerprint density at radius 2 is 2.17 bits per heavy atom. The van der Waals surface area contributed by atoms with E-state index in [-0.39, 0.29) is 18.1 Å². The first-order chi connectivity index (χ1) is 11.1. The topological polar surface area (TPSA) is 68.2 Å². The Kier molecular flexibility index (Phi) is 5.54. The molecule has 1 aliphatic heterocycles. The molecular weight excluding hydrogens is 325 g/mol. The van der Waals surface area contributed by atoms with Crippen LogP contribution in [-0.2, 0) is 16.1 Å². The van der Waals surface area contributed by atoms with Gasteiger partial charge in [-0.2, -0.15) is 18.3 Å². The number of amides is 1. The van der Waals surface area contributed by atoms with E-state index in [4.69, 9.17) is 4.74 Å². The van der Waals surface area contributed by atoms with Crippen molar-refractivity contribution in [3.05, 3.63) is 17.0 Å². The second kappa shape index (κ2) is 7.10. The fourth-order valence-electron chi connectivity index (χ4n) is 3.13. The summed E-state index contributed by atoms with van der Waals surface area (Å²) in [5, 5.41) is 9.88. The molecular formula is C15H23F3N4O2. The molecule has 0 radical (unpaired) electrons. The number of halogens is 3. The minimum atomic E-state index is -4.34. The number of carbonyl (C=O) groups excluding carboxylic acids is 1. The number of methoxy groups -OCH3 is 1. The molecule has 0 bridgehead atoms. The van der Waals surface area contributed by atoms with Gasteiger partial charge in [0.15, 0.2) is 0 Å². The van der Waals surface area contributed by atoms with Gasteiger partial charge in [0.2, 0.25) is 5.91 Å². The summed E-state index contributed by atoms with van der Waals surface area (Å²) in [6, 6.07) is -0.786. The zero-order valence-corrected chi connectivity index (χ0v) is 14.2. The first-order valence-electron chi connectivity index (χ1n) is 7.79. The van der Waals surface area contributed by atoms with Crippen molar-refractivity contribution >= 4 is 5.91 Å². The SMILES string of the molecule is CO[C@@H]1CN[C@@H](C(=O)N[C@@H](C)c2c(C)nn(CC(F)(F)F)c2C)C1. The summed E-state index contributed by atoms with van der Waals surface area (Å²) in [4.78, 5) is 12.3. The first-order valence-corrected chi connectivity index (χ1v) is 7.79. The predicted molar refractivity (Wildman–Crippen MR) is 81.5 cm³/mol. The van der Waals surface area contributed by atoms with E-state index in [9.17, 15) is 18.0 Å². The molecule has 1 fully saturated rings. The molecule has 9 heteroatoms. The molecule has 1 aliphatic rings. The number of aromatic nitrogens is 2. The van der Waals surface area contributed by atoms with E-state index >= 15 is 0 Å². The predicted octanol–water partition coefficient (Wildman–Crippen LogP) is 1.62. The lowest BCUT2D eigenvalue weighted by Gasteiger charge is -2.18. The number of hydrogen-bond acceptors (Lipinski definition) is 4. The van der Waals surface area contributed by atoms with Crippen LogP contribution in [0, 0.1) is 13.8 Å². The Bertz CT molecular complexity index is 600. The lowest BCUT2D eigenvalue weighted by molar-refractivity contribution is -0.143. The second-order valence-electron chi connectivity index (χ2n) is 6.14. The lowest BCUT2D eigenvalue weighted by Crippen LogP contribution is -2.41. The summed E-state index contributed by atoms with van der Waals surface area (Å²) < 4.78 is 43.9. The van der Waals surface area contributed by atoms with Gasteiger partial charge in [-0.25, -0.2) is 0 Å². The first kappa shape index (κ1) is 18.7. The smallest absolute Gasteiger partial charge is 0.380 e. The number of rotatable bonds is 5. The Morgan fingerprint density at radius 1 is 1.50 bits per heavy atom. The average Bonchev–Trinajstić information content (AvgIpc) is 3.03. The average molecular weight is 348 g/mol. The maximum atomic E-state index is 12.6. The summed E-state index contributed by atoms with van der Waals surface area (Å²) in [7, 11) is 1.59. The van der Waals surface area contributed by atoms with Gasteiger partial charge in [-0.3, -0.25) is 9.48 Å². The summed E-state index contributed by atoms with van der Waals surface area (Å²) in [6.45, 7) is 4.44. The second-order valence-corrected chi connectivity index (χ2v) is 6.14. The van der Waals surface area contributed by atoms with Gasteiger partial charge in [0.05, 0.1) is 23.9 Å². The Hall–Kier alpha value is -1.61. The molecule has 2 rings (SSSR count). The highest BCUT2D eigenvalue weighted by atomic mass is 19.4. The number of ether oxygens (including phenoxy) is 1. The van der Waals surface area contributed by atoms with Gasteiger partial charge in [0, 0.05) is 24.9 Å². The number of nitrogens with one attached hydrogen (secondary N) is 2. The van der Waals surface area contributed by atoms with Crippen LogP contribution in [0.4, 0.5) is 13.2 Å². The Labute approximate surface area is 138 Å². The van der Waals surface area contributed by atoms with Gasteiger partial charge in [0.1, 0.15) is 6.54 Å². The molecule has 2 heterocycles. The van der Waals surface area contributed by atoms with E-state index in [1.165, 1.54) is 0 Å². The zero-order chi connectivity index (χ0) is 18.1. The summed E-state index contributed by atoms with van der Waals surface area (Å²) in [5.41, 5.74) is 1.51. The van der Waals surface area contributed by atoms with Crippen molar-refractivity contribution in [2.24, 2.45) is 0 Å². The van der Waals surface area contributed by atoms with E-state index in [1.54, 1.807) is 27.9 Å². The van der Waals surface area contributed by atoms with E-state index < -0.39 is 18.8 Å². The fraction of sp³-hybridized carbons (Fsp3) is 0.733. The van der Waals surface area contributed by atoms with Gasteiger partial charge in [0.25, 0.3) is 0 Å². The molecule has 1 aromatic heterocycles. The lowest BCUT2D eigenvalue weighted by atomic mass is 10.1. The summed E-state index contributed by atoms with van der Waals surface area (Å²) in [5.74, 6) is -0.190. The molecule has 0 unspecified atom stereocenters. The largest absolute Gasteiger partial charge is 0.408 e. The molecule has 0 aromatic carbocycles. The van der Waals surface area contributed by atoms with E-state index in [0.29, 0.717) is 29.9 Å². The number of carbonyl (C=O) groups is 1. The van der Waals surface area contributed by atoms with Crippen LogP contribution in [-0.4, -0.2) is 47.7 Å². The van der Waals surface area contributed by atoms with E-state index in [1.807, 2.05) is 0 Å². The molecule has 6 nitrogen and oxygen atoms in total. The quantitative estimate of drug-likeness (QED) is 0.848. The highest BCUT2D eigenvalue weighted by Crippen LogP contribution is 2.25. The summed E-state index contributed by atoms with van der Waals surface area (Å²) >= 11 is 0. The maximum Gasteiger partial charge on any atom is 0.408 e. The van der Waals surface area contributed by atoms with Crippen LogP contribution < -0.4 is 10.6 Å². The van der Waals surface area contributed by atoms with Crippen LogP contribution in [0.2, 0.25) is 0 Å². The highest BCUT2D eigenvalue weighted by molar-refractivity contribution is 5.82. The van der Waals surface area contributed by atoms with Crippen LogP contribution >= 0.6 is 0 Å². The van der Waals surface area contributed by atoms with Gasteiger partial charge in [-0.05, 0) is 27.2 Å². The van der Waals surface area contributed by atoms with Crippen molar-refractivity contribution in [3.8, 4) is 0 Å².